The highest BCUT2D eigenvalue weighted by Gasteiger charge is 2.56. The van der Waals surface area contributed by atoms with Crippen LogP contribution < -0.4 is 0 Å². The average Bonchev–Trinajstić information content (AvgIpc) is 1.28. The van der Waals surface area contributed by atoms with Gasteiger partial charge in [-0.1, -0.05) is 54.6 Å². The maximum absolute atomic E-state index is 14.0. The summed E-state index contributed by atoms with van der Waals surface area (Å²) in [5, 5.41) is 31.5. The summed E-state index contributed by atoms with van der Waals surface area (Å²) in [6.07, 6.45) is -4.50. The zero-order chi connectivity index (χ0) is 65.1. The lowest BCUT2D eigenvalue weighted by Crippen LogP contribution is -2.61. The lowest BCUT2D eigenvalue weighted by Gasteiger charge is -2.51. The van der Waals surface area contributed by atoms with Gasteiger partial charge in [-0.2, -0.15) is 0 Å². The Morgan fingerprint density at radius 2 is 0.776 bits per heavy atom. The molecule has 0 bridgehead atoms. The van der Waals surface area contributed by atoms with E-state index in [0.717, 1.165) is 11.1 Å². The maximum Gasteiger partial charge on any atom is 0.311 e. The zero-order valence-electron chi connectivity index (χ0n) is 54.5. The molecule has 2 heterocycles. The van der Waals surface area contributed by atoms with E-state index in [1.807, 2.05) is 55.5 Å². The number of benzene rings is 2. The lowest BCUT2D eigenvalue weighted by atomic mass is 9.60. The van der Waals surface area contributed by atoms with Gasteiger partial charge in [-0.15, -0.1) is 0 Å². The van der Waals surface area contributed by atoms with Crippen molar-refractivity contribution in [3.05, 3.63) is 70.3 Å². The first-order valence-corrected chi connectivity index (χ1v) is 29.4. The molecule has 474 valence electrons. The summed E-state index contributed by atoms with van der Waals surface area (Å²) in [5.41, 5.74) is -5.60. The number of hydrogen-bond acceptors (Lipinski definition) is 15. The highest BCUT2D eigenvalue weighted by atomic mass is 16.7. The molecular weight excluding hydrogens is 1090 g/mol. The van der Waals surface area contributed by atoms with Crippen LogP contribution in [-0.4, -0.2) is 107 Å². The molecule has 0 radical (unpaired) electrons. The van der Waals surface area contributed by atoms with Crippen LogP contribution in [0.3, 0.4) is 0 Å². The van der Waals surface area contributed by atoms with Gasteiger partial charge in [0.1, 0.15) is 25.4 Å². The first kappa shape index (κ1) is 71.3. The largest absolute Gasteiger partial charge is 0.481 e. The molecule has 18 heteroatoms. The van der Waals surface area contributed by atoms with E-state index in [1.54, 1.807) is 151 Å². The minimum atomic E-state index is -1.44. The Morgan fingerprint density at radius 3 is 1.19 bits per heavy atom. The van der Waals surface area contributed by atoms with E-state index >= 15 is 0 Å². The number of esters is 5. The molecular formula is C67H98O18. The van der Waals surface area contributed by atoms with Crippen molar-refractivity contribution in [2.75, 3.05) is 13.2 Å². The van der Waals surface area contributed by atoms with Crippen molar-refractivity contribution in [1.82, 2.24) is 0 Å². The maximum atomic E-state index is 14.0. The summed E-state index contributed by atoms with van der Waals surface area (Å²) in [6, 6.07) is 12.9. The molecule has 2 fully saturated rings. The summed E-state index contributed by atoms with van der Waals surface area (Å²) < 4.78 is 44.3. The van der Waals surface area contributed by atoms with E-state index in [0.29, 0.717) is 16.7 Å². The smallest absolute Gasteiger partial charge is 0.311 e. The Labute approximate surface area is 503 Å². The molecule has 0 amide bonds. The number of hydrogen-bond donors (Lipinski definition) is 3. The van der Waals surface area contributed by atoms with E-state index in [1.165, 1.54) is 0 Å². The van der Waals surface area contributed by atoms with Crippen molar-refractivity contribution in [2.24, 2.45) is 61.1 Å². The van der Waals surface area contributed by atoms with Crippen LogP contribution in [0.2, 0.25) is 0 Å². The number of aryl methyl sites for hydroxylation is 1. The first-order valence-electron chi connectivity index (χ1n) is 29.4. The third kappa shape index (κ3) is 18.7. The third-order valence-corrected chi connectivity index (χ3v) is 15.8. The molecule has 4 rings (SSSR count). The zero-order valence-corrected chi connectivity index (χ0v) is 54.5. The molecule has 2 saturated heterocycles. The van der Waals surface area contributed by atoms with E-state index in [2.05, 4.69) is 0 Å². The van der Waals surface area contributed by atoms with Gasteiger partial charge in [0.15, 0.2) is 18.3 Å². The highest BCUT2D eigenvalue weighted by Crippen LogP contribution is 2.54. The molecule has 2 aromatic carbocycles. The molecule has 2 aliphatic heterocycles. The number of carbonyl (C=O) groups excluding carboxylic acids is 5. The summed E-state index contributed by atoms with van der Waals surface area (Å²) in [6.45, 7) is 35.9. The number of carbonyl (C=O) groups is 8. The number of carboxylic acid groups (broad SMARTS) is 3. The second kappa shape index (κ2) is 26.5. The summed E-state index contributed by atoms with van der Waals surface area (Å²) in [5.74, 6) is -8.27. The number of carboxylic acids is 3. The lowest BCUT2D eigenvalue weighted by molar-refractivity contribution is -0.262. The Hall–Kier alpha value is -6.14. The van der Waals surface area contributed by atoms with Crippen LogP contribution in [0.1, 0.15) is 205 Å². The fourth-order valence-electron chi connectivity index (χ4n) is 10.0. The Morgan fingerprint density at radius 1 is 0.424 bits per heavy atom. The van der Waals surface area contributed by atoms with E-state index in [9.17, 15) is 53.7 Å². The monoisotopic (exact) mass is 1190 g/mol. The van der Waals surface area contributed by atoms with E-state index in [-0.39, 0.29) is 25.9 Å². The molecule has 2 aliphatic rings. The molecule has 2 aromatic rings. The topological polar surface area (TPSA) is 262 Å². The van der Waals surface area contributed by atoms with Crippen molar-refractivity contribution in [2.45, 2.75) is 214 Å². The van der Waals surface area contributed by atoms with Crippen LogP contribution >= 0.6 is 0 Å². The number of aliphatic carboxylic acids is 3. The Balaban J connectivity index is 1.87. The van der Waals surface area contributed by atoms with Crippen molar-refractivity contribution < 1.29 is 86.8 Å². The Kier molecular flexibility index (Phi) is 22.2. The molecule has 0 aromatic heterocycles. The second-order valence-corrected chi connectivity index (χ2v) is 30.5. The van der Waals surface area contributed by atoms with Gasteiger partial charge in [0.2, 0.25) is 0 Å². The van der Waals surface area contributed by atoms with Crippen LogP contribution in [0, 0.1) is 68.0 Å². The van der Waals surface area contributed by atoms with Crippen molar-refractivity contribution in [3.63, 3.8) is 0 Å². The fourth-order valence-corrected chi connectivity index (χ4v) is 10.0. The van der Waals surface area contributed by atoms with Crippen molar-refractivity contribution in [1.29, 1.82) is 0 Å². The summed E-state index contributed by atoms with van der Waals surface area (Å²) in [7, 11) is 0. The minimum Gasteiger partial charge on any atom is -0.481 e. The molecule has 3 N–H and O–H groups in total. The SMILES string of the molecule is Cc1cc(C=Cc2ccc([C@@H]3O[C@@H](COC(=O)C(C)(C)C)[C@H](CC(C)(C)C(=O)O)[C@H](CC(C)(C)C(=O)O)[C@H]3CC(C)(C)C(=O)O)cc2)ccc1[C@H]1O[C@H](COC(=O)C(C)(C)C)[C@@H](OC(=O)C(C)(C)C)[C@H](OC(=O)C(C)(C)C)[C@@H]1OC(=O)C(C)(C)C. The van der Waals surface area contributed by atoms with Crippen LogP contribution in [-0.2, 0) is 71.5 Å². The number of ether oxygens (including phenoxy) is 7. The van der Waals surface area contributed by atoms with Gasteiger partial charge in [-0.25, -0.2) is 0 Å². The standard InChI is InChI=1S/C67H98O18/c1-37-31-39(27-30-41(37)48-50(84-58(77)63(11,12)13)51(85-59(78)64(14,15)16)49(83-57(76)62(8,9)10)46(82-48)36-80-56(75)61(5,6)7)24-23-38-25-28-40(29-26-38)47-44(34-67(21,22)54(72)73)42(32-65(17,18)52(68)69)43(33-66(19,20)53(70)71)45(81-47)35-79-55(74)60(2,3)4/h23-31,42-51H,32-36H2,1-22H3,(H,68,69)(H,70,71)(H,72,73)/t42-,43+,44+,45-,46+,47-,48+,49+,50+,51-/m0/s1. The molecule has 10 atom stereocenters. The van der Waals surface area contributed by atoms with Crippen LogP contribution in [0.5, 0.6) is 0 Å². The van der Waals surface area contributed by atoms with Gasteiger partial charge in [-0.3, -0.25) is 38.4 Å². The number of rotatable bonds is 20. The molecule has 85 heavy (non-hydrogen) atoms. The predicted octanol–water partition coefficient (Wildman–Crippen LogP) is 12.4. The van der Waals surface area contributed by atoms with Gasteiger partial charge >= 0.3 is 47.8 Å². The van der Waals surface area contributed by atoms with Gasteiger partial charge in [0.25, 0.3) is 0 Å². The Bertz CT molecular complexity index is 2780. The third-order valence-electron chi connectivity index (χ3n) is 15.8. The predicted molar refractivity (Wildman–Crippen MR) is 319 cm³/mol. The van der Waals surface area contributed by atoms with Crippen LogP contribution in [0.15, 0.2) is 42.5 Å². The van der Waals surface area contributed by atoms with Gasteiger partial charge in [-0.05, 0) is 217 Å². The molecule has 0 unspecified atom stereocenters. The van der Waals surface area contributed by atoms with Gasteiger partial charge in [0, 0.05) is 0 Å². The van der Waals surface area contributed by atoms with Crippen molar-refractivity contribution in [3.8, 4) is 0 Å². The van der Waals surface area contributed by atoms with E-state index < -0.39 is 158 Å². The van der Waals surface area contributed by atoms with Crippen LogP contribution in [0.25, 0.3) is 12.2 Å². The fraction of sp³-hybridized carbons (Fsp3) is 0.672. The average molecular weight is 1190 g/mol. The molecule has 0 spiro atoms. The minimum absolute atomic E-state index is 0.0121. The first-order chi connectivity index (χ1) is 38.5. The second-order valence-electron chi connectivity index (χ2n) is 30.5. The normalized spacial score (nSPS) is 23.8. The summed E-state index contributed by atoms with van der Waals surface area (Å²) >= 11 is 0. The quantitative estimate of drug-likeness (QED) is 0.0632. The van der Waals surface area contributed by atoms with E-state index in [4.69, 9.17) is 33.2 Å². The highest BCUT2D eigenvalue weighted by molar-refractivity contribution is 5.79. The molecule has 0 aliphatic carbocycles. The van der Waals surface area contributed by atoms with Gasteiger partial charge in [0.05, 0.1) is 55.5 Å². The summed E-state index contributed by atoms with van der Waals surface area (Å²) in [4.78, 5) is 107. The van der Waals surface area contributed by atoms with Crippen LogP contribution in [0.4, 0.5) is 0 Å². The van der Waals surface area contributed by atoms with Gasteiger partial charge < -0.3 is 48.5 Å². The molecule has 18 nitrogen and oxygen atoms in total. The van der Waals surface area contributed by atoms with Crippen molar-refractivity contribution >= 4 is 59.9 Å². The molecule has 0 saturated carbocycles.